The number of pyridine rings is 1. The lowest BCUT2D eigenvalue weighted by molar-refractivity contribution is 0.108. The smallest absolute Gasteiger partial charge is 0.407 e. The highest BCUT2D eigenvalue weighted by atomic mass is 16.5. The molecule has 0 aromatic carbocycles. The van der Waals surface area contributed by atoms with Crippen molar-refractivity contribution in [1.82, 2.24) is 9.88 Å². The Morgan fingerprint density at radius 2 is 2.17 bits per heavy atom. The van der Waals surface area contributed by atoms with Crippen LogP contribution in [0.3, 0.4) is 0 Å². The summed E-state index contributed by atoms with van der Waals surface area (Å²) in [5, 5.41) is 9.29. The molecule has 1 saturated heterocycles. The lowest BCUT2D eigenvalue weighted by atomic mass is 10.1. The standard InChI is InChI=1S/C13H18N2O3/c1-9-5-11(6-10(2)14-9)7-15(13(16)17)12-3-4-18-8-12/h5-6,12H,3-4,7-8H2,1-2H3,(H,16,17)/t12-/m1/s1. The summed E-state index contributed by atoms with van der Waals surface area (Å²) < 4.78 is 5.26. The van der Waals surface area contributed by atoms with E-state index in [0.29, 0.717) is 19.8 Å². The highest BCUT2D eigenvalue weighted by Crippen LogP contribution is 2.17. The van der Waals surface area contributed by atoms with Gasteiger partial charge in [0.1, 0.15) is 0 Å². The zero-order valence-corrected chi connectivity index (χ0v) is 10.7. The maximum absolute atomic E-state index is 11.3. The minimum Gasteiger partial charge on any atom is -0.465 e. The van der Waals surface area contributed by atoms with Crippen LogP contribution in [0.2, 0.25) is 0 Å². The predicted molar refractivity (Wildman–Crippen MR) is 66.5 cm³/mol. The maximum atomic E-state index is 11.3. The van der Waals surface area contributed by atoms with Gasteiger partial charge in [0.15, 0.2) is 0 Å². The van der Waals surface area contributed by atoms with Crippen LogP contribution in [0.15, 0.2) is 12.1 Å². The first kappa shape index (κ1) is 12.8. The summed E-state index contributed by atoms with van der Waals surface area (Å²) in [4.78, 5) is 17.1. The highest BCUT2D eigenvalue weighted by Gasteiger charge is 2.27. The molecule has 1 aliphatic rings. The molecule has 0 bridgehead atoms. The van der Waals surface area contributed by atoms with E-state index in [-0.39, 0.29) is 6.04 Å². The van der Waals surface area contributed by atoms with Crippen molar-refractivity contribution >= 4 is 6.09 Å². The molecule has 0 saturated carbocycles. The molecule has 1 aliphatic heterocycles. The molecule has 2 rings (SSSR count). The van der Waals surface area contributed by atoms with Gasteiger partial charge in [-0.3, -0.25) is 9.88 Å². The van der Waals surface area contributed by atoms with Gasteiger partial charge in [-0.05, 0) is 38.0 Å². The Balaban J connectivity index is 2.15. The molecule has 1 fully saturated rings. The zero-order valence-electron chi connectivity index (χ0n) is 10.7. The van der Waals surface area contributed by atoms with E-state index in [0.717, 1.165) is 23.4 Å². The van der Waals surface area contributed by atoms with Gasteiger partial charge in [0, 0.05) is 24.5 Å². The molecule has 98 valence electrons. The normalized spacial score (nSPS) is 18.9. The average molecular weight is 250 g/mol. The number of nitrogens with zero attached hydrogens (tertiary/aromatic N) is 2. The number of carbonyl (C=O) groups is 1. The van der Waals surface area contributed by atoms with Crippen molar-refractivity contribution < 1.29 is 14.6 Å². The molecule has 1 amide bonds. The summed E-state index contributed by atoms with van der Waals surface area (Å²) in [6, 6.07) is 3.83. The van der Waals surface area contributed by atoms with E-state index >= 15 is 0 Å². The Morgan fingerprint density at radius 3 is 2.67 bits per heavy atom. The molecule has 2 heterocycles. The van der Waals surface area contributed by atoms with Gasteiger partial charge in [0.25, 0.3) is 0 Å². The van der Waals surface area contributed by atoms with Crippen LogP contribution in [0.5, 0.6) is 0 Å². The monoisotopic (exact) mass is 250 g/mol. The Hall–Kier alpha value is -1.62. The minimum atomic E-state index is -0.891. The van der Waals surface area contributed by atoms with Crippen molar-refractivity contribution in [3.63, 3.8) is 0 Å². The van der Waals surface area contributed by atoms with Crippen LogP contribution in [-0.2, 0) is 11.3 Å². The van der Waals surface area contributed by atoms with Gasteiger partial charge in [-0.25, -0.2) is 4.79 Å². The Labute approximate surface area is 106 Å². The fraction of sp³-hybridized carbons (Fsp3) is 0.538. The number of hydrogen-bond acceptors (Lipinski definition) is 3. The number of aryl methyl sites for hydroxylation is 2. The first-order valence-corrected chi connectivity index (χ1v) is 6.08. The quantitative estimate of drug-likeness (QED) is 0.890. The first-order valence-electron chi connectivity index (χ1n) is 6.08. The molecule has 0 aliphatic carbocycles. The average Bonchev–Trinajstić information content (AvgIpc) is 2.77. The predicted octanol–water partition coefficient (Wildman–Crippen LogP) is 1.97. The van der Waals surface area contributed by atoms with Gasteiger partial charge in [0.05, 0.1) is 12.6 Å². The third-order valence-corrected chi connectivity index (χ3v) is 3.09. The van der Waals surface area contributed by atoms with Crippen molar-refractivity contribution in [3.05, 3.63) is 29.1 Å². The van der Waals surface area contributed by atoms with Gasteiger partial charge in [-0.1, -0.05) is 0 Å². The summed E-state index contributed by atoms with van der Waals surface area (Å²) in [6.07, 6.45) is -0.118. The van der Waals surface area contributed by atoms with Crippen LogP contribution < -0.4 is 0 Å². The summed E-state index contributed by atoms with van der Waals surface area (Å²) in [5.74, 6) is 0. The van der Waals surface area contributed by atoms with E-state index in [1.54, 1.807) is 0 Å². The summed E-state index contributed by atoms with van der Waals surface area (Å²) >= 11 is 0. The van der Waals surface area contributed by atoms with Gasteiger partial charge in [-0.2, -0.15) is 0 Å². The summed E-state index contributed by atoms with van der Waals surface area (Å²) in [5.41, 5.74) is 2.81. The molecular formula is C13H18N2O3. The molecule has 1 aromatic heterocycles. The molecule has 0 spiro atoms. The lowest BCUT2D eigenvalue weighted by Gasteiger charge is -2.25. The molecule has 0 unspecified atom stereocenters. The molecule has 1 N–H and O–H groups in total. The van der Waals surface area contributed by atoms with Gasteiger partial charge in [0.2, 0.25) is 0 Å². The van der Waals surface area contributed by atoms with Crippen molar-refractivity contribution in [2.24, 2.45) is 0 Å². The van der Waals surface area contributed by atoms with Crippen molar-refractivity contribution in [3.8, 4) is 0 Å². The topological polar surface area (TPSA) is 62.7 Å². The second kappa shape index (κ2) is 5.35. The number of carboxylic acid groups (broad SMARTS) is 1. The van der Waals surface area contributed by atoms with Crippen molar-refractivity contribution in [2.45, 2.75) is 32.9 Å². The van der Waals surface area contributed by atoms with Gasteiger partial charge in [-0.15, -0.1) is 0 Å². The molecule has 1 atom stereocenters. The van der Waals surface area contributed by atoms with Crippen LogP contribution in [-0.4, -0.2) is 40.3 Å². The first-order chi connectivity index (χ1) is 8.56. The van der Waals surface area contributed by atoms with E-state index in [4.69, 9.17) is 4.74 Å². The van der Waals surface area contributed by atoms with Crippen molar-refractivity contribution in [1.29, 1.82) is 0 Å². The Bertz CT molecular complexity index is 422. The number of amides is 1. The second-order valence-electron chi connectivity index (χ2n) is 4.69. The SMILES string of the molecule is Cc1cc(CN(C(=O)O)[C@@H]2CCOC2)cc(C)n1. The van der Waals surface area contributed by atoms with Crippen LogP contribution >= 0.6 is 0 Å². The molecule has 5 heteroatoms. The third-order valence-electron chi connectivity index (χ3n) is 3.09. The number of ether oxygens (including phenoxy) is 1. The van der Waals surface area contributed by atoms with Gasteiger partial charge < -0.3 is 9.84 Å². The zero-order chi connectivity index (χ0) is 13.1. The van der Waals surface area contributed by atoms with Crippen LogP contribution in [0.4, 0.5) is 4.79 Å². The summed E-state index contributed by atoms with van der Waals surface area (Å²) in [6.45, 7) is 5.37. The molecule has 0 radical (unpaired) electrons. The van der Waals surface area contributed by atoms with Crippen LogP contribution in [0.25, 0.3) is 0 Å². The molecule has 18 heavy (non-hydrogen) atoms. The minimum absolute atomic E-state index is 0.0312. The second-order valence-corrected chi connectivity index (χ2v) is 4.69. The molecule has 1 aromatic rings. The van der Waals surface area contributed by atoms with Crippen LogP contribution in [0.1, 0.15) is 23.4 Å². The highest BCUT2D eigenvalue weighted by molar-refractivity contribution is 5.65. The van der Waals surface area contributed by atoms with E-state index in [1.807, 2.05) is 26.0 Å². The Kier molecular flexibility index (Phi) is 3.81. The van der Waals surface area contributed by atoms with E-state index < -0.39 is 6.09 Å². The molecular weight excluding hydrogens is 232 g/mol. The lowest BCUT2D eigenvalue weighted by Crippen LogP contribution is -2.39. The number of hydrogen-bond donors (Lipinski definition) is 1. The largest absolute Gasteiger partial charge is 0.465 e. The number of aromatic nitrogens is 1. The fourth-order valence-electron chi connectivity index (χ4n) is 2.33. The van der Waals surface area contributed by atoms with Crippen LogP contribution in [0, 0.1) is 13.8 Å². The maximum Gasteiger partial charge on any atom is 0.407 e. The Morgan fingerprint density at radius 1 is 1.50 bits per heavy atom. The van der Waals surface area contributed by atoms with Gasteiger partial charge >= 0.3 is 6.09 Å². The molecule has 5 nitrogen and oxygen atoms in total. The summed E-state index contributed by atoms with van der Waals surface area (Å²) in [7, 11) is 0. The fourth-order valence-corrected chi connectivity index (χ4v) is 2.33. The van der Waals surface area contributed by atoms with E-state index in [9.17, 15) is 9.90 Å². The van der Waals surface area contributed by atoms with E-state index in [2.05, 4.69) is 4.98 Å². The van der Waals surface area contributed by atoms with Crippen molar-refractivity contribution in [2.75, 3.05) is 13.2 Å². The number of rotatable bonds is 3. The van der Waals surface area contributed by atoms with E-state index in [1.165, 1.54) is 4.90 Å². The third kappa shape index (κ3) is 2.98.